The Hall–Kier alpha value is -2.63. The maximum Gasteiger partial charge on any atom is 0.225 e. The highest BCUT2D eigenvalue weighted by Crippen LogP contribution is 2.22. The topological polar surface area (TPSA) is 58.6 Å². The molecule has 0 saturated carbocycles. The highest BCUT2D eigenvalue weighted by molar-refractivity contribution is 5.78. The van der Waals surface area contributed by atoms with Crippen LogP contribution in [0.3, 0.4) is 0 Å². The van der Waals surface area contributed by atoms with E-state index in [1.54, 1.807) is 0 Å². The molecule has 0 radical (unpaired) electrons. The van der Waals surface area contributed by atoms with E-state index in [9.17, 15) is 4.79 Å². The van der Waals surface area contributed by atoms with Crippen molar-refractivity contribution in [1.82, 2.24) is 14.9 Å². The van der Waals surface area contributed by atoms with Gasteiger partial charge in [-0.15, -0.1) is 0 Å². The average molecular weight is 326 g/mol. The third-order valence-electron chi connectivity index (χ3n) is 4.00. The number of ether oxygens (including phenoxy) is 1. The van der Waals surface area contributed by atoms with Crippen LogP contribution in [0.5, 0.6) is 11.6 Å². The monoisotopic (exact) mass is 326 g/mol. The third kappa shape index (κ3) is 3.82. The van der Waals surface area contributed by atoms with Crippen molar-refractivity contribution in [3.05, 3.63) is 42.7 Å². The van der Waals surface area contributed by atoms with Gasteiger partial charge in [-0.05, 0) is 12.1 Å². The van der Waals surface area contributed by atoms with Crippen LogP contribution >= 0.6 is 0 Å². The van der Waals surface area contributed by atoms with Gasteiger partial charge in [0.1, 0.15) is 17.9 Å². The maximum atomic E-state index is 12.1. The quantitative estimate of drug-likeness (QED) is 0.864. The molecule has 1 saturated heterocycles. The summed E-state index contributed by atoms with van der Waals surface area (Å²) >= 11 is 0. The van der Waals surface area contributed by atoms with Crippen molar-refractivity contribution in [2.75, 3.05) is 31.1 Å². The van der Waals surface area contributed by atoms with Gasteiger partial charge in [0.2, 0.25) is 11.8 Å². The average Bonchev–Trinajstić information content (AvgIpc) is 2.62. The SMILES string of the molecule is CC(C)C(=O)N1CCN(c2cc(Oc3ccccc3)ncn2)CC1. The zero-order chi connectivity index (χ0) is 16.9. The molecule has 0 unspecified atom stereocenters. The van der Waals surface area contributed by atoms with E-state index in [-0.39, 0.29) is 11.8 Å². The number of rotatable bonds is 4. The number of benzene rings is 1. The summed E-state index contributed by atoms with van der Waals surface area (Å²) in [6, 6.07) is 11.4. The number of anilines is 1. The molecule has 24 heavy (non-hydrogen) atoms. The second-order valence-electron chi connectivity index (χ2n) is 6.10. The summed E-state index contributed by atoms with van der Waals surface area (Å²) in [4.78, 5) is 24.6. The highest BCUT2D eigenvalue weighted by atomic mass is 16.5. The molecule has 2 aromatic rings. The molecule has 1 amide bonds. The minimum absolute atomic E-state index is 0.0430. The van der Waals surface area contributed by atoms with Crippen LogP contribution in [0.15, 0.2) is 42.7 Å². The van der Waals surface area contributed by atoms with Gasteiger partial charge in [0.05, 0.1) is 0 Å². The third-order valence-corrected chi connectivity index (χ3v) is 4.00. The van der Waals surface area contributed by atoms with Gasteiger partial charge in [-0.25, -0.2) is 9.97 Å². The molecule has 1 aliphatic rings. The number of piperazine rings is 1. The first kappa shape index (κ1) is 16.2. The number of amides is 1. The molecule has 0 N–H and O–H groups in total. The lowest BCUT2D eigenvalue weighted by atomic mass is 10.1. The Morgan fingerprint density at radius 2 is 1.79 bits per heavy atom. The zero-order valence-corrected chi connectivity index (χ0v) is 14.1. The number of para-hydroxylation sites is 1. The van der Waals surface area contributed by atoms with Crippen LogP contribution in [0.25, 0.3) is 0 Å². The van der Waals surface area contributed by atoms with E-state index < -0.39 is 0 Å². The van der Waals surface area contributed by atoms with Gasteiger partial charge in [-0.3, -0.25) is 4.79 Å². The number of hydrogen-bond acceptors (Lipinski definition) is 5. The fourth-order valence-corrected chi connectivity index (χ4v) is 2.69. The summed E-state index contributed by atoms with van der Waals surface area (Å²) in [5.74, 6) is 2.35. The van der Waals surface area contributed by atoms with Gasteiger partial charge in [-0.1, -0.05) is 32.0 Å². The van der Waals surface area contributed by atoms with E-state index in [0.717, 1.165) is 37.7 Å². The lowest BCUT2D eigenvalue weighted by Gasteiger charge is -2.36. The Labute approximate surface area is 142 Å². The summed E-state index contributed by atoms with van der Waals surface area (Å²) in [7, 11) is 0. The molecular formula is C18H22N4O2. The summed E-state index contributed by atoms with van der Waals surface area (Å²) < 4.78 is 5.76. The molecule has 0 atom stereocenters. The predicted octanol–water partition coefficient (Wildman–Crippen LogP) is 2.57. The molecule has 0 spiro atoms. The van der Waals surface area contributed by atoms with E-state index in [0.29, 0.717) is 5.88 Å². The lowest BCUT2D eigenvalue weighted by Crippen LogP contribution is -2.50. The van der Waals surface area contributed by atoms with Gasteiger partial charge < -0.3 is 14.5 Å². The van der Waals surface area contributed by atoms with Crippen molar-refractivity contribution in [2.45, 2.75) is 13.8 Å². The van der Waals surface area contributed by atoms with Gasteiger partial charge >= 0.3 is 0 Å². The number of hydrogen-bond donors (Lipinski definition) is 0. The van der Waals surface area contributed by atoms with Crippen LogP contribution in [-0.2, 0) is 4.79 Å². The highest BCUT2D eigenvalue weighted by Gasteiger charge is 2.23. The first-order valence-corrected chi connectivity index (χ1v) is 8.22. The second-order valence-corrected chi connectivity index (χ2v) is 6.10. The molecular weight excluding hydrogens is 304 g/mol. The van der Waals surface area contributed by atoms with Crippen LogP contribution in [0, 0.1) is 5.92 Å². The van der Waals surface area contributed by atoms with Crippen LogP contribution < -0.4 is 9.64 Å². The van der Waals surface area contributed by atoms with E-state index in [4.69, 9.17) is 4.74 Å². The minimum Gasteiger partial charge on any atom is -0.439 e. The standard InChI is InChI=1S/C18H22N4O2/c1-14(2)18(23)22-10-8-21(9-11-22)16-12-17(20-13-19-16)24-15-6-4-3-5-7-15/h3-7,12-14H,8-11H2,1-2H3. The Kier molecular flexibility index (Phi) is 4.93. The molecule has 6 nitrogen and oxygen atoms in total. The predicted molar refractivity (Wildman–Crippen MR) is 92.2 cm³/mol. The van der Waals surface area contributed by atoms with Gasteiger partial charge in [-0.2, -0.15) is 0 Å². The molecule has 0 aliphatic carbocycles. The van der Waals surface area contributed by atoms with Gasteiger partial charge in [0.25, 0.3) is 0 Å². The van der Waals surface area contributed by atoms with E-state index in [1.165, 1.54) is 6.33 Å². The fraction of sp³-hybridized carbons (Fsp3) is 0.389. The van der Waals surface area contributed by atoms with Crippen LogP contribution in [-0.4, -0.2) is 47.0 Å². The number of carbonyl (C=O) groups excluding carboxylic acids is 1. The molecule has 0 bridgehead atoms. The van der Waals surface area contributed by atoms with Crippen LogP contribution in [0.1, 0.15) is 13.8 Å². The first-order valence-electron chi connectivity index (χ1n) is 8.22. The minimum atomic E-state index is 0.0430. The molecule has 6 heteroatoms. The number of nitrogens with zero attached hydrogens (tertiary/aromatic N) is 4. The molecule has 1 aromatic heterocycles. The van der Waals surface area contributed by atoms with Crippen molar-refractivity contribution >= 4 is 11.7 Å². The Bertz CT molecular complexity index is 682. The molecule has 1 aromatic carbocycles. The largest absolute Gasteiger partial charge is 0.439 e. The van der Waals surface area contributed by atoms with Crippen LogP contribution in [0.2, 0.25) is 0 Å². The summed E-state index contributed by atoms with van der Waals surface area (Å²) in [6.45, 7) is 6.84. The van der Waals surface area contributed by atoms with Crippen molar-refractivity contribution in [2.24, 2.45) is 5.92 Å². The first-order chi connectivity index (χ1) is 11.6. The zero-order valence-electron chi connectivity index (χ0n) is 14.1. The fourth-order valence-electron chi connectivity index (χ4n) is 2.69. The molecule has 126 valence electrons. The van der Waals surface area contributed by atoms with E-state index >= 15 is 0 Å². The molecule has 1 aliphatic heterocycles. The van der Waals surface area contributed by atoms with Crippen molar-refractivity contribution in [3.63, 3.8) is 0 Å². The molecule has 2 heterocycles. The smallest absolute Gasteiger partial charge is 0.225 e. The van der Waals surface area contributed by atoms with Crippen molar-refractivity contribution in [1.29, 1.82) is 0 Å². The number of carbonyl (C=O) groups is 1. The Balaban J connectivity index is 1.64. The van der Waals surface area contributed by atoms with Gasteiger partial charge in [0, 0.05) is 38.2 Å². The lowest BCUT2D eigenvalue weighted by molar-refractivity contribution is -0.134. The Morgan fingerprint density at radius 1 is 1.08 bits per heavy atom. The van der Waals surface area contributed by atoms with Gasteiger partial charge in [0.15, 0.2) is 0 Å². The summed E-state index contributed by atoms with van der Waals surface area (Å²) in [5.41, 5.74) is 0. The molecule has 3 rings (SSSR count). The second kappa shape index (κ2) is 7.29. The number of aromatic nitrogens is 2. The van der Waals surface area contributed by atoms with E-state index in [1.807, 2.05) is 55.1 Å². The van der Waals surface area contributed by atoms with Crippen molar-refractivity contribution in [3.8, 4) is 11.6 Å². The van der Waals surface area contributed by atoms with Crippen molar-refractivity contribution < 1.29 is 9.53 Å². The van der Waals surface area contributed by atoms with E-state index in [2.05, 4.69) is 14.9 Å². The molecule has 1 fully saturated rings. The normalized spacial score (nSPS) is 14.8. The summed E-state index contributed by atoms with van der Waals surface area (Å²) in [6.07, 6.45) is 1.51. The van der Waals surface area contributed by atoms with Crippen LogP contribution in [0.4, 0.5) is 5.82 Å². The Morgan fingerprint density at radius 3 is 2.46 bits per heavy atom. The summed E-state index contributed by atoms with van der Waals surface area (Å²) in [5, 5.41) is 0. The maximum absolute atomic E-state index is 12.1.